The largest absolute Gasteiger partial charge is 0.345 e. The predicted molar refractivity (Wildman–Crippen MR) is 95.3 cm³/mol. The van der Waals surface area contributed by atoms with Crippen LogP contribution in [-0.2, 0) is 9.12 Å². The van der Waals surface area contributed by atoms with Crippen molar-refractivity contribution < 1.29 is 13.6 Å². The molecule has 0 heterocycles. The number of Topliss-reactive ketones (excluding diaryl/α,β-unsaturated/α-hetero) is 1. The molecule has 1 N–H and O–H groups in total. The Hall–Kier alpha value is -1.37. The van der Waals surface area contributed by atoms with Gasteiger partial charge in [-0.15, -0.1) is 0 Å². The van der Waals surface area contributed by atoms with Gasteiger partial charge in [-0.3, -0.25) is 4.79 Å². The van der Waals surface area contributed by atoms with E-state index in [0.29, 0.717) is 5.56 Å². The highest BCUT2D eigenvalue weighted by atomic mass is 79.9. The molecule has 0 saturated carbocycles. The average molecular weight is 419 g/mol. The van der Waals surface area contributed by atoms with Crippen molar-refractivity contribution in [2.75, 3.05) is 5.32 Å². The number of rotatable bonds is 4. The Balaban J connectivity index is 2.43. The van der Waals surface area contributed by atoms with Crippen LogP contribution in [0.25, 0.3) is 0 Å². The number of halogens is 4. The van der Waals surface area contributed by atoms with E-state index in [1.165, 1.54) is 49.4 Å². The summed E-state index contributed by atoms with van der Waals surface area (Å²) in [5.74, 6) is -1.38. The van der Waals surface area contributed by atoms with Crippen LogP contribution in [0.4, 0.5) is 14.5 Å². The number of anilines is 1. The minimum atomic E-state index is -1.42. The standard InChI is InChI=1S/C16H11BrClF2NOS/c1-9(22)16(17,10-5-7-11(19)8-6-10)15(23)21-14-12(18)3-2-4-13(14)20/h2-8H,1H3,(H,21,23). The number of para-hydroxylation sites is 1. The fraction of sp³-hybridized carbons (Fsp3) is 0.125. The van der Waals surface area contributed by atoms with E-state index in [-0.39, 0.29) is 21.5 Å². The third-order valence-electron chi connectivity index (χ3n) is 3.24. The first-order chi connectivity index (χ1) is 10.8. The summed E-state index contributed by atoms with van der Waals surface area (Å²) < 4.78 is 25.6. The second-order valence-electron chi connectivity index (χ2n) is 4.77. The summed E-state index contributed by atoms with van der Waals surface area (Å²) in [6.45, 7) is 1.33. The fourth-order valence-electron chi connectivity index (χ4n) is 1.99. The van der Waals surface area contributed by atoms with E-state index in [0.717, 1.165) is 0 Å². The van der Waals surface area contributed by atoms with Gasteiger partial charge in [-0.05, 0) is 36.8 Å². The van der Waals surface area contributed by atoms with Gasteiger partial charge in [0.05, 0.1) is 10.7 Å². The molecule has 23 heavy (non-hydrogen) atoms. The molecule has 0 radical (unpaired) electrons. The van der Waals surface area contributed by atoms with E-state index in [9.17, 15) is 13.6 Å². The van der Waals surface area contributed by atoms with E-state index < -0.39 is 16.0 Å². The molecule has 0 aromatic heterocycles. The second kappa shape index (κ2) is 7.03. The molecule has 1 atom stereocenters. The first kappa shape index (κ1) is 18.0. The lowest BCUT2D eigenvalue weighted by Gasteiger charge is -2.27. The molecule has 0 amide bonds. The van der Waals surface area contributed by atoms with Crippen LogP contribution in [0.1, 0.15) is 12.5 Å². The maximum atomic E-state index is 13.9. The maximum absolute atomic E-state index is 13.9. The molecule has 0 spiro atoms. The Bertz CT molecular complexity index is 749. The summed E-state index contributed by atoms with van der Waals surface area (Å²) in [5, 5.41) is 2.81. The van der Waals surface area contributed by atoms with E-state index in [1.807, 2.05) is 0 Å². The van der Waals surface area contributed by atoms with Crippen LogP contribution >= 0.6 is 39.7 Å². The molecule has 0 saturated heterocycles. The van der Waals surface area contributed by atoms with Crippen molar-refractivity contribution in [2.45, 2.75) is 11.2 Å². The van der Waals surface area contributed by atoms with Gasteiger partial charge in [-0.1, -0.05) is 57.9 Å². The molecule has 0 aliphatic rings. The number of nitrogens with one attached hydrogen (secondary N) is 1. The van der Waals surface area contributed by atoms with Crippen LogP contribution in [0.5, 0.6) is 0 Å². The second-order valence-corrected chi connectivity index (χ2v) is 6.78. The highest BCUT2D eigenvalue weighted by Crippen LogP contribution is 2.36. The quantitative estimate of drug-likeness (QED) is 0.544. The van der Waals surface area contributed by atoms with Crippen LogP contribution in [0.3, 0.4) is 0 Å². The van der Waals surface area contributed by atoms with E-state index >= 15 is 0 Å². The summed E-state index contributed by atoms with van der Waals surface area (Å²) in [7, 11) is 0. The third kappa shape index (κ3) is 3.59. The average Bonchev–Trinajstić information content (AvgIpc) is 2.50. The Morgan fingerprint density at radius 3 is 2.35 bits per heavy atom. The summed E-state index contributed by atoms with van der Waals surface area (Å²) in [6.07, 6.45) is 0. The van der Waals surface area contributed by atoms with E-state index in [4.69, 9.17) is 23.8 Å². The molecule has 1 unspecified atom stereocenters. The molecule has 2 nitrogen and oxygen atoms in total. The van der Waals surface area contributed by atoms with E-state index in [2.05, 4.69) is 21.2 Å². The lowest BCUT2D eigenvalue weighted by atomic mass is 9.94. The van der Waals surface area contributed by atoms with Crippen molar-refractivity contribution in [3.8, 4) is 0 Å². The molecule has 0 fully saturated rings. The number of hydrogen-bond donors (Lipinski definition) is 1. The Morgan fingerprint density at radius 2 is 1.83 bits per heavy atom. The lowest BCUT2D eigenvalue weighted by Crippen LogP contribution is -2.39. The minimum absolute atomic E-state index is 0.00334. The molecule has 120 valence electrons. The maximum Gasteiger partial charge on any atom is 0.158 e. The minimum Gasteiger partial charge on any atom is -0.345 e. The van der Waals surface area contributed by atoms with Crippen LogP contribution in [0.15, 0.2) is 42.5 Å². The topological polar surface area (TPSA) is 29.1 Å². The molecule has 0 aliphatic heterocycles. The number of carbonyl (C=O) groups excluding carboxylic acids is 1. The zero-order valence-electron chi connectivity index (χ0n) is 11.9. The number of benzene rings is 2. The molecule has 2 aromatic carbocycles. The summed E-state index contributed by atoms with van der Waals surface area (Å²) >= 11 is 14.6. The number of alkyl halides is 1. The van der Waals surface area contributed by atoms with Crippen LogP contribution < -0.4 is 5.32 Å². The van der Waals surface area contributed by atoms with Gasteiger partial charge in [-0.25, -0.2) is 8.78 Å². The van der Waals surface area contributed by atoms with Crippen molar-refractivity contribution in [1.29, 1.82) is 0 Å². The smallest absolute Gasteiger partial charge is 0.158 e. The molecule has 2 rings (SSSR count). The van der Waals surface area contributed by atoms with Gasteiger partial charge < -0.3 is 5.32 Å². The fourth-order valence-corrected chi connectivity index (χ4v) is 2.93. The summed E-state index contributed by atoms with van der Waals surface area (Å²) in [6, 6.07) is 9.47. The van der Waals surface area contributed by atoms with E-state index in [1.54, 1.807) is 0 Å². The highest BCUT2D eigenvalue weighted by Gasteiger charge is 2.39. The van der Waals surface area contributed by atoms with Gasteiger partial charge in [-0.2, -0.15) is 0 Å². The lowest BCUT2D eigenvalue weighted by molar-refractivity contribution is -0.117. The molecule has 0 bridgehead atoms. The first-order valence-corrected chi connectivity index (χ1v) is 8.06. The number of hydrogen-bond acceptors (Lipinski definition) is 2. The molecule has 2 aromatic rings. The van der Waals surface area contributed by atoms with Crippen molar-refractivity contribution in [3.05, 3.63) is 64.7 Å². The molecular weight excluding hydrogens is 408 g/mol. The number of thiocarbonyl (C=S) groups is 1. The summed E-state index contributed by atoms with van der Waals surface area (Å²) in [5.41, 5.74) is 0.405. The van der Waals surface area contributed by atoms with Crippen molar-refractivity contribution in [1.82, 2.24) is 0 Å². The molecular formula is C16H11BrClF2NOS. The van der Waals surface area contributed by atoms with Gasteiger partial charge in [0.25, 0.3) is 0 Å². The van der Waals surface area contributed by atoms with Gasteiger partial charge in [0.15, 0.2) is 10.1 Å². The van der Waals surface area contributed by atoms with Gasteiger partial charge >= 0.3 is 0 Å². The van der Waals surface area contributed by atoms with Crippen LogP contribution in [-0.4, -0.2) is 10.8 Å². The SMILES string of the molecule is CC(=O)C(Br)(C(=S)Nc1c(F)cccc1Cl)c1ccc(F)cc1. The zero-order chi connectivity index (χ0) is 17.2. The van der Waals surface area contributed by atoms with Crippen molar-refractivity contribution >= 4 is 56.2 Å². The third-order valence-corrected chi connectivity index (χ3v) is 5.64. The predicted octanol–water partition coefficient (Wildman–Crippen LogP) is 5.24. The van der Waals surface area contributed by atoms with Crippen molar-refractivity contribution in [3.63, 3.8) is 0 Å². The Morgan fingerprint density at radius 1 is 1.22 bits per heavy atom. The monoisotopic (exact) mass is 417 g/mol. The molecule has 7 heteroatoms. The summed E-state index contributed by atoms with van der Waals surface area (Å²) in [4.78, 5) is 12.2. The zero-order valence-corrected chi connectivity index (χ0v) is 15.0. The van der Waals surface area contributed by atoms with Crippen molar-refractivity contribution in [2.24, 2.45) is 0 Å². The number of carbonyl (C=O) groups is 1. The van der Waals surface area contributed by atoms with Crippen LogP contribution in [0, 0.1) is 11.6 Å². The van der Waals surface area contributed by atoms with Crippen LogP contribution in [0.2, 0.25) is 5.02 Å². The molecule has 0 aliphatic carbocycles. The van der Waals surface area contributed by atoms with Gasteiger partial charge in [0, 0.05) is 0 Å². The Kier molecular flexibility index (Phi) is 5.49. The highest BCUT2D eigenvalue weighted by molar-refractivity contribution is 9.10. The number of ketones is 1. The van der Waals surface area contributed by atoms with Gasteiger partial charge in [0.2, 0.25) is 0 Å². The normalized spacial score (nSPS) is 13.3. The first-order valence-electron chi connectivity index (χ1n) is 6.48. The van der Waals surface area contributed by atoms with Gasteiger partial charge in [0.1, 0.15) is 16.6 Å². The Labute approximate surface area is 151 Å².